The van der Waals surface area contributed by atoms with Crippen molar-refractivity contribution in [3.8, 4) is 5.75 Å². The van der Waals surface area contributed by atoms with Crippen LogP contribution in [-0.2, 0) is 17.6 Å². The maximum atomic E-state index is 12.5. The molecular formula is C23H27N5O2. The summed E-state index contributed by atoms with van der Waals surface area (Å²) in [5.41, 5.74) is 5.56. The van der Waals surface area contributed by atoms with Crippen molar-refractivity contribution in [1.82, 2.24) is 15.4 Å². The van der Waals surface area contributed by atoms with Gasteiger partial charge in [-0.2, -0.15) is 0 Å². The number of nitrogens with one attached hydrogen (secondary N) is 2. The van der Waals surface area contributed by atoms with Crippen molar-refractivity contribution < 1.29 is 9.53 Å². The van der Waals surface area contributed by atoms with Gasteiger partial charge in [-0.1, -0.05) is 24.3 Å². The Bertz CT molecular complexity index is 1010. The highest BCUT2D eigenvalue weighted by Gasteiger charge is 2.51. The Kier molecular flexibility index (Phi) is 4.90. The normalized spacial score (nSPS) is 25.9. The lowest BCUT2D eigenvalue weighted by Crippen LogP contribution is -2.46. The van der Waals surface area contributed by atoms with Crippen molar-refractivity contribution in [2.75, 3.05) is 12.4 Å². The molecular weight excluding hydrogens is 378 g/mol. The number of anilines is 1. The van der Waals surface area contributed by atoms with E-state index < -0.39 is 0 Å². The van der Waals surface area contributed by atoms with Crippen LogP contribution in [-0.4, -0.2) is 29.0 Å². The van der Waals surface area contributed by atoms with Gasteiger partial charge in [0.05, 0.1) is 18.7 Å². The number of benzene rings is 1. The molecule has 3 aliphatic carbocycles. The van der Waals surface area contributed by atoms with E-state index in [4.69, 9.17) is 20.5 Å². The molecule has 0 aliphatic heterocycles. The number of methoxy groups -OCH3 is 1. The molecule has 4 unspecified atom stereocenters. The molecule has 1 amide bonds. The molecule has 2 bridgehead atoms. The van der Waals surface area contributed by atoms with Crippen molar-refractivity contribution in [2.45, 2.75) is 38.1 Å². The number of nitrogens with two attached hydrogens (primary N) is 1. The van der Waals surface area contributed by atoms with Gasteiger partial charge >= 0.3 is 0 Å². The van der Waals surface area contributed by atoms with Crippen LogP contribution in [0.4, 0.5) is 5.82 Å². The molecule has 1 aromatic carbocycles. The topological polar surface area (TPSA) is 102 Å². The quantitative estimate of drug-likeness (QED) is 0.388. The summed E-state index contributed by atoms with van der Waals surface area (Å²) < 4.78 is 5.34. The molecule has 0 spiro atoms. The fourth-order valence-electron chi connectivity index (χ4n) is 5.47. The van der Waals surface area contributed by atoms with E-state index in [1.807, 2.05) is 18.2 Å². The predicted octanol–water partition coefficient (Wildman–Crippen LogP) is 2.46. The third kappa shape index (κ3) is 3.33. The number of carbonyl (C=O) groups is 1. The van der Waals surface area contributed by atoms with Gasteiger partial charge in [0.15, 0.2) is 0 Å². The standard InChI is InChI=1S/C23H27N5O2/c1-30-16-5-2-4-13(10-16)11-19-25-18-7-3-6-17(18)22(26-19)27-21-15-9-8-14(12-15)20(21)23(29)28-24/h2-6,10,14-15,20-21H,7-9,11-12,24H2,1H3,(H,28,29)(H,25,26,27). The molecule has 2 saturated carbocycles. The summed E-state index contributed by atoms with van der Waals surface area (Å²) in [4.78, 5) is 22.2. The third-order valence-corrected chi connectivity index (χ3v) is 6.83. The molecule has 1 aromatic heterocycles. The average molecular weight is 406 g/mol. The molecule has 5 rings (SSSR count). The summed E-state index contributed by atoms with van der Waals surface area (Å²) in [5.74, 6) is 8.63. The summed E-state index contributed by atoms with van der Waals surface area (Å²) >= 11 is 0. The van der Waals surface area contributed by atoms with Crippen LogP contribution in [0.1, 0.15) is 41.9 Å². The van der Waals surface area contributed by atoms with Crippen molar-refractivity contribution in [3.05, 3.63) is 53.0 Å². The number of hydrazine groups is 1. The summed E-state index contributed by atoms with van der Waals surface area (Å²) in [7, 11) is 1.67. The van der Waals surface area contributed by atoms with Crippen molar-refractivity contribution in [3.63, 3.8) is 0 Å². The number of amides is 1. The van der Waals surface area contributed by atoms with Gasteiger partial charge in [-0.25, -0.2) is 15.8 Å². The maximum absolute atomic E-state index is 12.5. The Hall–Kier alpha value is -2.93. The van der Waals surface area contributed by atoms with Crippen LogP contribution in [0.15, 0.2) is 30.3 Å². The Morgan fingerprint density at radius 2 is 2.13 bits per heavy atom. The number of allylic oxidation sites excluding steroid dienone is 1. The molecule has 7 heteroatoms. The zero-order valence-electron chi connectivity index (χ0n) is 17.1. The van der Waals surface area contributed by atoms with Gasteiger partial charge in [0.1, 0.15) is 17.4 Å². The van der Waals surface area contributed by atoms with Crippen LogP contribution >= 0.6 is 0 Å². The number of hydrogen-bond donors (Lipinski definition) is 3. The van der Waals surface area contributed by atoms with E-state index in [9.17, 15) is 4.79 Å². The lowest BCUT2D eigenvalue weighted by atomic mass is 9.83. The van der Waals surface area contributed by atoms with Gasteiger partial charge in [-0.3, -0.25) is 10.2 Å². The van der Waals surface area contributed by atoms with E-state index in [2.05, 4.69) is 29.0 Å². The Balaban J connectivity index is 1.44. The van der Waals surface area contributed by atoms with E-state index in [1.165, 1.54) is 0 Å². The van der Waals surface area contributed by atoms with E-state index in [0.717, 1.165) is 59.9 Å². The molecule has 4 N–H and O–H groups in total. The van der Waals surface area contributed by atoms with Gasteiger partial charge in [-0.05, 0) is 48.8 Å². The fraction of sp³-hybridized carbons (Fsp3) is 0.435. The predicted molar refractivity (Wildman–Crippen MR) is 115 cm³/mol. The molecule has 30 heavy (non-hydrogen) atoms. The van der Waals surface area contributed by atoms with Crippen LogP contribution in [0.3, 0.4) is 0 Å². The number of nitrogens with zero attached hydrogens (tertiary/aromatic N) is 2. The largest absolute Gasteiger partial charge is 0.497 e. The van der Waals surface area contributed by atoms with Crippen LogP contribution in [0.5, 0.6) is 5.75 Å². The highest BCUT2D eigenvalue weighted by molar-refractivity contribution is 5.81. The second-order valence-electron chi connectivity index (χ2n) is 8.52. The van der Waals surface area contributed by atoms with E-state index >= 15 is 0 Å². The second-order valence-corrected chi connectivity index (χ2v) is 8.52. The highest BCUT2D eigenvalue weighted by atomic mass is 16.5. The number of carbonyl (C=O) groups excluding carboxylic acids is 1. The first-order valence-corrected chi connectivity index (χ1v) is 10.6. The van der Waals surface area contributed by atoms with Crippen LogP contribution in [0.25, 0.3) is 6.08 Å². The number of rotatable bonds is 6. The summed E-state index contributed by atoms with van der Waals surface area (Å²) in [6.45, 7) is 0. The van der Waals surface area contributed by atoms with Gasteiger partial charge in [-0.15, -0.1) is 0 Å². The molecule has 2 aromatic rings. The zero-order valence-corrected chi connectivity index (χ0v) is 17.1. The Morgan fingerprint density at radius 3 is 2.97 bits per heavy atom. The molecule has 3 aliphatic rings. The lowest BCUT2D eigenvalue weighted by molar-refractivity contribution is -0.126. The fourth-order valence-corrected chi connectivity index (χ4v) is 5.47. The minimum absolute atomic E-state index is 0.0602. The summed E-state index contributed by atoms with van der Waals surface area (Å²) in [6.07, 6.45) is 8.96. The minimum Gasteiger partial charge on any atom is -0.497 e. The van der Waals surface area contributed by atoms with E-state index in [1.54, 1.807) is 7.11 Å². The number of aromatic nitrogens is 2. The maximum Gasteiger partial charge on any atom is 0.239 e. The first-order chi connectivity index (χ1) is 14.7. The van der Waals surface area contributed by atoms with Crippen molar-refractivity contribution >= 4 is 17.8 Å². The van der Waals surface area contributed by atoms with Crippen LogP contribution in [0.2, 0.25) is 0 Å². The van der Waals surface area contributed by atoms with Gasteiger partial charge in [0, 0.05) is 24.4 Å². The molecule has 156 valence electrons. The molecule has 1 heterocycles. The second kappa shape index (κ2) is 7.72. The molecule has 0 radical (unpaired) electrons. The van der Waals surface area contributed by atoms with Gasteiger partial charge < -0.3 is 10.1 Å². The smallest absolute Gasteiger partial charge is 0.239 e. The highest BCUT2D eigenvalue weighted by Crippen LogP contribution is 2.49. The first kappa shape index (κ1) is 19.1. The molecule has 7 nitrogen and oxygen atoms in total. The molecule has 4 atom stereocenters. The third-order valence-electron chi connectivity index (χ3n) is 6.83. The average Bonchev–Trinajstić information content (AvgIpc) is 3.49. The number of hydrogen-bond acceptors (Lipinski definition) is 6. The zero-order chi connectivity index (χ0) is 20.7. The monoisotopic (exact) mass is 405 g/mol. The molecule has 0 saturated heterocycles. The Morgan fingerprint density at radius 1 is 1.27 bits per heavy atom. The SMILES string of the molecule is COc1cccc(Cc2nc3c(c(NC4C5CCC(C5)C4C(=O)NN)n2)C=CC3)c1. The minimum atomic E-state index is -0.105. The lowest BCUT2D eigenvalue weighted by Gasteiger charge is -2.31. The van der Waals surface area contributed by atoms with Gasteiger partial charge in [0.25, 0.3) is 0 Å². The summed E-state index contributed by atoms with van der Waals surface area (Å²) in [6, 6.07) is 8.04. The van der Waals surface area contributed by atoms with Crippen molar-refractivity contribution in [1.29, 1.82) is 0 Å². The number of ether oxygens (including phenoxy) is 1. The van der Waals surface area contributed by atoms with Crippen LogP contribution in [0, 0.1) is 17.8 Å². The van der Waals surface area contributed by atoms with E-state index in [-0.39, 0.29) is 17.9 Å². The van der Waals surface area contributed by atoms with Crippen molar-refractivity contribution in [2.24, 2.45) is 23.6 Å². The van der Waals surface area contributed by atoms with Crippen LogP contribution < -0.4 is 21.3 Å². The first-order valence-electron chi connectivity index (χ1n) is 10.6. The molecule has 2 fully saturated rings. The van der Waals surface area contributed by atoms with Gasteiger partial charge in [0.2, 0.25) is 5.91 Å². The summed E-state index contributed by atoms with van der Waals surface area (Å²) in [5, 5.41) is 3.64. The Labute approximate surface area is 176 Å². The van der Waals surface area contributed by atoms with E-state index in [0.29, 0.717) is 18.3 Å². The number of fused-ring (bicyclic) bond motifs is 3.